The average molecular weight is 345 g/mol. The fourth-order valence-corrected chi connectivity index (χ4v) is 4.24. The molecule has 0 bridgehead atoms. The molecule has 0 N–H and O–H groups in total. The van der Waals surface area contributed by atoms with Crippen LogP contribution in [0, 0.1) is 13.8 Å². The van der Waals surface area contributed by atoms with E-state index in [1.54, 1.807) is 0 Å². The summed E-state index contributed by atoms with van der Waals surface area (Å²) >= 11 is 6.45. The van der Waals surface area contributed by atoms with Gasteiger partial charge in [-0.25, -0.2) is 0 Å². The molecule has 3 heterocycles. The molecule has 24 heavy (non-hydrogen) atoms. The Kier molecular flexibility index (Phi) is 3.85. The van der Waals surface area contributed by atoms with Crippen LogP contribution in [0.15, 0.2) is 22.7 Å². The summed E-state index contributed by atoms with van der Waals surface area (Å²) in [6, 6.07) is 6.31. The fraction of sp³-hybridized carbons (Fsp3) is 0.444. The van der Waals surface area contributed by atoms with Gasteiger partial charge >= 0.3 is 0 Å². The zero-order chi connectivity index (χ0) is 16.8. The molecular weight excluding hydrogens is 324 g/mol. The lowest BCUT2D eigenvalue weighted by molar-refractivity contribution is 0.243. The van der Waals surface area contributed by atoms with Crippen LogP contribution in [-0.2, 0) is 13.6 Å². The zero-order valence-corrected chi connectivity index (χ0v) is 15.0. The van der Waals surface area contributed by atoms with Crippen LogP contribution in [0.2, 0.25) is 5.02 Å². The van der Waals surface area contributed by atoms with Gasteiger partial charge in [0.1, 0.15) is 5.76 Å². The summed E-state index contributed by atoms with van der Waals surface area (Å²) < 4.78 is 7.30. The highest BCUT2D eigenvalue weighted by Crippen LogP contribution is 2.37. The van der Waals surface area contributed by atoms with Gasteiger partial charge in [-0.05, 0) is 45.4 Å². The number of aryl methyl sites for hydroxylation is 3. The van der Waals surface area contributed by atoms with Gasteiger partial charge in [-0.1, -0.05) is 22.8 Å². The molecule has 0 aliphatic carbocycles. The minimum Gasteiger partial charge on any atom is -0.361 e. The van der Waals surface area contributed by atoms with Gasteiger partial charge in [-0.2, -0.15) is 5.10 Å². The van der Waals surface area contributed by atoms with E-state index in [1.807, 2.05) is 37.7 Å². The lowest BCUT2D eigenvalue weighted by Crippen LogP contribution is -2.24. The lowest BCUT2D eigenvalue weighted by Gasteiger charge is -2.23. The van der Waals surface area contributed by atoms with Crippen molar-refractivity contribution in [1.29, 1.82) is 0 Å². The van der Waals surface area contributed by atoms with E-state index in [1.165, 1.54) is 12.0 Å². The van der Waals surface area contributed by atoms with Gasteiger partial charge in [0, 0.05) is 30.6 Å². The first-order valence-electron chi connectivity index (χ1n) is 8.33. The lowest BCUT2D eigenvalue weighted by atomic mass is 10.0. The number of likely N-dealkylation sites (tertiary alicyclic amines) is 1. The summed E-state index contributed by atoms with van der Waals surface area (Å²) in [6.07, 6.45) is 2.30. The third-order valence-electron chi connectivity index (χ3n) is 5.04. The van der Waals surface area contributed by atoms with Crippen LogP contribution in [0.4, 0.5) is 0 Å². The first-order valence-corrected chi connectivity index (χ1v) is 8.71. The molecule has 1 fully saturated rings. The van der Waals surface area contributed by atoms with Crippen LogP contribution in [0.3, 0.4) is 0 Å². The van der Waals surface area contributed by atoms with Gasteiger partial charge in [0.2, 0.25) is 0 Å². The molecule has 1 aliphatic rings. The van der Waals surface area contributed by atoms with E-state index >= 15 is 0 Å². The Morgan fingerprint density at radius 2 is 2.17 bits per heavy atom. The smallest absolute Gasteiger partial charge is 0.138 e. The third kappa shape index (κ3) is 2.43. The quantitative estimate of drug-likeness (QED) is 0.715. The van der Waals surface area contributed by atoms with Crippen LogP contribution in [0.5, 0.6) is 0 Å². The Balaban J connectivity index is 1.70. The number of benzene rings is 1. The molecule has 1 aliphatic heterocycles. The van der Waals surface area contributed by atoms with Crippen LogP contribution < -0.4 is 0 Å². The number of hydrogen-bond donors (Lipinski definition) is 0. The largest absolute Gasteiger partial charge is 0.361 e. The minimum absolute atomic E-state index is 0.343. The van der Waals surface area contributed by atoms with Gasteiger partial charge in [-0.15, -0.1) is 0 Å². The monoisotopic (exact) mass is 344 g/mol. The summed E-state index contributed by atoms with van der Waals surface area (Å²) in [5.41, 5.74) is 4.34. The number of nitrogens with zero attached hydrogens (tertiary/aromatic N) is 4. The molecule has 0 unspecified atom stereocenters. The molecule has 0 amide bonds. The maximum absolute atomic E-state index is 6.45. The minimum atomic E-state index is 0.343. The molecule has 0 radical (unpaired) electrons. The second-order valence-electron chi connectivity index (χ2n) is 6.57. The van der Waals surface area contributed by atoms with Crippen molar-refractivity contribution >= 4 is 22.5 Å². The van der Waals surface area contributed by atoms with Gasteiger partial charge in [-0.3, -0.25) is 9.58 Å². The standard InChI is InChI=1S/C18H21ClN4O/c1-11-17(12(2)24-21-11)16-8-5-9-23(16)10-14-18-13(19)6-4-7-15(18)22(3)20-14/h4,6-7,16H,5,8-10H2,1-3H3/t16-/m1/s1. The van der Waals surface area contributed by atoms with E-state index in [4.69, 9.17) is 21.2 Å². The van der Waals surface area contributed by atoms with Crippen molar-refractivity contribution in [3.63, 3.8) is 0 Å². The highest BCUT2D eigenvalue weighted by atomic mass is 35.5. The van der Waals surface area contributed by atoms with Crippen molar-refractivity contribution < 1.29 is 4.52 Å². The second kappa shape index (κ2) is 5.90. The summed E-state index contributed by atoms with van der Waals surface area (Å²) in [5, 5.41) is 10.7. The number of fused-ring (bicyclic) bond motifs is 1. The highest BCUT2D eigenvalue weighted by molar-refractivity contribution is 6.35. The molecular formula is C18H21ClN4O. The van der Waals surface area contributed by atoms with E-state index in [0.717, 1.165) is 52.6 Å². The first-order chi connectivity index (χ1) is 11.6. The fourth-order valence-electron chi connectivity index (χ4n) is 3.96. The average Bonchev–Trinajstić information content (AvgIpc) is 3.21. The van der Waals surface area contributed by atoms with Crippen LogP contribution in [0.1, 0.15) is 41.6 Å². The van der Waals surface area contributed by atoms with Crippen molar-refractivity contribution in [2.45, 2.75) is 39.3 Å². The molecule has 1 atom stereocenters. The highest BCUT2D eigenvalue weighted by Gasteiger charge is 2.31. The normalized spacial score (nSPS) is 18.8. The van der Waals surface area contributed by atoms with E-state index in [0.29, 0.717) is 6.04 Å². The van der Waals surface area contributed by atoms with Crippen LogP contribution in [-0.4, -0.2) is 26.4 Å². The van der Waals surface area contributed by atoms with E-state index < -0.39 is 0 Å². The van der Waals surface area contributed by atoms with Crippen molar-refractivity contribution in [2.75, 3.05) is 6.54 Å². The summed E-state index contributed by atoms with van der Waals surface area (Å²) in [4.78, 5) is 2.47. The van der Waals surface area contributed by atoms with Gasteiger partial charge in [0.15, 0.2) is 0 Å². The molecule has 1 saturated heterocycles. The SMILES string of the molecule is Cc1noc(C)c1[C@H]1CCCN1Cc1nn(C)c2cccc(Cl)c12. The van der Waals surface area contributed by atoms with Gasteiger partial charge < -0.3 is 4.52 Å². The number of rotatable bonds is 3. The summed E-state index contributed by atoms with van der Waals surface area (Å²) in [7, 11) is 1.97. The molecule has 2 aromatic heterocycles. The van der Waals surface area contributed by atoms with Gasteiger partial charge in [0.05, 0.1) is 21.9 Å². The van der Waals surface area contributed by atoms with Crippen LogP contribution >= 0.6 is 11.6 Å². The summed E-state index contributed by atoms with van der Waals surface area (Å²) in [6.45, 7) is 5.86. The van der Waals surface area contributed by atoms with Gasteiger partial charge in [0.25, 0.3) is 0 Å². The maximum atomic E-state index is 6.45. The Bertz CT molecular complexity index is 878. The Hall–Kier alpha value is -1.85. The topological polar surface area (TPSA) is 47.1 Å². The van der Waals surface area contributed by atoms with Crippen molar-refractivity contribution in [3.05, 3.63) is 45.9 Å². The van der Waals surface area contributed by atoms with Crippen molar-refractivity contribution in [2.24, 2.45) is 7.05 Å². The van der Waals surface area contributed by atoms with Crippen molar-refractivity contribution in [1.82, 2.24) is 19.8 Å². The van der Waals surface area contributed by atoms with E-state index in [9.17, 15) is 0 Å². The Morgan fingerprint density at radius 1 is 1.33 bits per heavy atom. The molecule has 0 spiro atoms. The first kappa shape index (κ1) is 15.7. The predicted molar refractivity (Wildman–Crippen MR) is 94.1 cm³/mol. The zero-order valence-electron chi connectivity index (χ0n) is 14.2. The third-order valence-corrected chi connectivity index (χ3v) is 5.35. The Morgan fingerprint density at radius 3 is 2.92 bits per heavy atom. The second-order valence-corrected chi connectivity index (χ2v) is 6.98. The molecule has 126 valence electrons. The predicted octanol–water partition coefficient (Wildman–Crippen LogP) is 4.17. The molecule has 1 aromatic carbocycles. The maximum Gasteiger partial charge on any atom is 0.138 e. The summed E-state index contributed by atoms with van der Waals surface area (Å²) in [5.74, 6) is 0.924. The van der Waals surface area contributed by atoms with E-state index in [2.05, 4.69) is 16.1 Å². The number of aromatic nitrogens is 3. The van der Waals surface area contributed by atoms with Crippen molar-refractivity contribution in [3.8, 4) is 0 Å². The molecule has 0 saturated carbocycles. The molecule has 3 aromatic rings. The van der Waals surface area contributed by atoms with E-state index in [-0.39, 0.29) is 0 Å². The number of halogens is 1. The molecule has 6 heteroatoms. The molecule has 4 rings (SSSR count). The van der Waals surface area contributed by atoms with Crippen LogP contribution in [0.25, 0.3) is 10.9 Å². The molecule has 5 nitrogen and oxygen atoms in total. The Labute approximate surface area is 146 Å². The number of hydrogen-bond acceptors (Lipinski definition) is 4.